The Hall–Kier alpha value is -2.70. The van der Waals surface area contributed by atoms with Crippen molar-refractivity contribution in [1.82, 2.24) is 14.6 Å². The molecule has 2 heterocycles. The number of rotatable bonds is 4. The number of fused-ring (bicyclic) bond motifs is 1. The molecular weight excluding hydrogens is 370 g/mol. The zero-order valence-corrected chi connectivity index (χ0v) is 15.4. The lowest BCUT2D eigenvalue weighted by molar-refractivity contribution is 0.340. The van der Waals surface area contributed by atoms with Gasteiger partial charge in [-0.15, -0.1) is 10.2 Å². The molecule has 2 aromatic heterocycles. The van der Waals surface area contributed by atoms with Crippen molar-refractivity contribution in [2.45, 2.75) is 6.92 Å². The summed E-state index contributed by atoms with van der Waals surface area (Å²) in [6.07, 6.45) is 1.83. The summed E-state index contributed by atoms with van der Waals surface area (Å²) >= 11 is 7.22. The molecule has 130 valence electrons. The van der Waals surface area contributed by atoms with E-state index in [9.17, 15) is 4.79 Å². The van der Waals surface area contributed by atoms with Crippen LogP contribution >= 0.6 is 22.9 Å². The first-order valence-corrected chi connectivity index (χ1v) is 9.23. The molecule has 0 aliphatic heterocycles. The standard InChI is InChI=1S/C19H14ClN3O2S/c1-2-25-15-9-5-13(6-10-15)17-21-22-19-23(17)18(24)16(26-19)11-12-3-7-14(20)8-4-12/h3-11H,2H2,1H3. The van der Waals surface area contributed by atoms with Gasteiger partial charge in [0.1, 0.15) is 5.75 Å². The highest BCUT2D eigenvalue weighted by molar-refractivity contribution is 7.15. The lowest BCUT2D eigenvalue weighted by atomic mass is 10.2. The van der Waals surface area contributed by atoms with Gasteiger partial charge in [-0.25, -0.2) is 4.40 Å². The van der Waals surface area contributed by atoms with Crippen LogP contribution in [0.2, 0.25) is 5.02 Å². The molecule has 0 saturated heterocycles. The SMILES string of the molecule is CCOc1ccc(-c2nnc3sc(=Cc4ccc(Cl)cc4)c(=O)n23)cc1. The van der Waals surface area contributed by atoms with Crippen molar-refractivity contribution in [3.63, 3.8) is 0 Å². The first kappa shape index (κ1) is 16.8. The molecule has 0 saturated carbocycles. The van der Waals surface area contributed by atoms with Crippen LogP contribution < -0.4 is 14.8 Å². The molecule has 0 bridgehead atoms. The number of aromatic nitrogens is 3. The topological polar surface area (TPSA) is 56.5 Å². The Bertz CT molecular complexity index is 1160. The van der Waals surface area contributed by atoms with Gasteiger partial charge in [0.2, 0.25) is 4.96 Å². The molecule has 0 fully saturated rings. The summed E-state index contributed by atoms with van der Waals surface area (Å²) in [7, 11) is 0. The number of nitrogens with zero attached hydrogens (tertiary/aromatic N) is 3. The minimum Gasteiger partial charge on any atom is -0.494 e. The Morgan fingerprint density at radius 2 is 1.85 bits per heavy atom. The second-order valence-corrected chi connectivity index (χ2v) is 7.01. The molecule has 5 nitrogen and oxygen atoms in total. The fourth-order valence-electron chi connectivity index (χ4n) is 2.63. The maximum atomic E-state index is 12.8. The van der Waals surface area contributed by atoms with Gasteiger partial charge < -0.3 is 4.74 Å². The molecule has 0 unspecified atom stereocenters. The Morgan fingerprint density at radius 1 is 1.12 bits per heavy atom. The molecule has 26 heavy (non-hydrogen) atoms. The average molecular weight is 384 g/mol. The van der Waals surface area contributed by atoms with E-state index in [-0.39, 0.29) is 5.56 Å². The maximum Gasteiger partial charge on any atom is 0.276 e. The van der Waals surface area contributed by atoms with Gasteiger partial charge in [-0.05, 0) is 55.0 Å². The molecular formula is C19H14ClN3O2S. The quantitative estimate of drug-likeness (QED) is 0.542. The highest BCUT2D eigenvalue weighted by Crippen LogP contribution is 2.21. The van der Waals surface area contributed by atoms with E-state index in [0.29, 0.717) is 26.9 Å². The zero-order chi connectivity index (χ0) is 18.1. The second-order valence-electron chi connectivity index (χ2n) is 5.57. The van der Waals surface area contributed by atoms with E-state index in [1.807, 2.05) is 49.4 Å². The van der Waals surface area contributed by atoms with E-state index in [0.717, 1.165) is 16.9 Å². The van der Waals surface area contributed by atoms with E-state index in [1.165, 1.54) is 11.3 Å². The molecule has 4 aromatic rings. The van der Waals surface area contributed by atoms with Gasteiger partial charge in [0.15, 0.2) is 5.82 Å². The highest BCUT2D eigenvalue weighted by atomic mass is 35.5. The molecule has 0 spiro atoms. The summed E-state index contributed by atoms with van der Waals surface area (Å²) in [6.45, 7) is 2.54. The monoisotopic (exact) mass is 383 g/mol. The molecule has 0 N–H and O–H groups in total. The Balaban J connectivity index is 1.80. The highest BCUT2D eigenvalue weighted by Gasteiger charge is 2.14. The van der Waals surface area contributed by atoms with Crippen LogP contribution in [0, 0.1) is 0 Å². The Kier molecular flexibility index (Phi) is 4.44. The zero-order valence-electron chi connectivity index (χ0n) is 13.8. The van der Waals surface area contributed by atoms with Crippen LogP contribution in [0.15, 0.2) is 53.3 Å². The van der Waals surface area contributed by atoms with E-state index >= 15 is 0 Å². The minimum atomic E-state index is -0.131. The van der Waals surface area contributed by atoms with Gasteiger partial charge in [0.25, 0.3) is 5.56 Å². The maximum absolute atomic E-state index is 12.8. The number of hydrogen-bond donors (Lipinski definition) is 0. The van der Waals surface area contributed by atoms with Crippen LogP contribution in [0.4, 0.5) is 0 Å². The summed E-state index contributed by atoms with van der Waals surface area (Å²) in [5.41, 5.74) is 1.59. The predicted molar refractivity (Wildman–Crippen MR) is 104 cm³/mol. The van der Waals surface area contributed by atoms with E-state index in [1.54, 1.807) is 16.5 Å². The normalized spacial score (nSPS) is 12.0. The number of benzene rings is 2. The van der Waals surface area contributed by atoms with Gasteiger partial charge in [0, 0.05) is 10.6 Å². The second kappa shape index (κ2) is 6.90. The van der Waals surface area contributed by atoms with E-state index in [4.69, 9.17) is 16.3 Å². The summed E-state index contributed by atoms with van der Waals surface area (Å²) in [6, 6.07) is 14.8. The molecule has 0 radical (unpaired) electrons. The van der Waals surface area contributed by atoms with Crippen LogP contribution in [0.1, 0.15) is 12.5 Å². The number of thiazole rings is 1. The number of halogens is 1. The lowest BCUT2D eigenvalue weighted by Gasteiger charge is -2.03. The first-order chi connectivity index (χ1) is 12.7. The molecule has 2 aromatic carbocycles. The third-order valence-corrected chi connectivity index (χ3v) is 5.05. The molecule has 4 rings (SSSR count). The molecule has 7 heteroatoms. The van der Waals surface area contributed by atoms with Crippen molar-refractivity contribution < 1.29 is 4.74 Å². The van der Waals surface area contributed by atoms with Crippen LogP contribution in [-0.4, -0.2) is 21.2 Å². The molecule has 0 atom stereocenters. The Morgan fingerprint density at radius 3 is 2.54 bits per heavy atom. The van der Waals surface area contributed by atoms with Crippen molar-refractivity contribution >= 4 is 34.0 Å². The van der Waals surface area contributed by atoms with Gasteiger partial charge in [-0.1, -0.05) is 35.1 Å². The summed E-state index contributed by atoms with van der Waals surface area (Å²) in [4.78, 5) is 13.4. The average Bonchev–Trinajstić information content (AvgIpc) is 3.19. The van der Waals surface area contributed by atoms with E-state index in [2.05, 4.69) is 10.2 Å². The van der Waals surface area contributed by atoms with Crippen molar-refractivity contribution in [3.05, 3.63) is 74.0 Å². The van der Waals surface area contributed by atoms with Gasteiger partial charge in [0.05, 0.1) is 11.1 Å². The fraction of sp³-hybridized carbons (Fsp3) is 0.105. The van der Waals surface area contributed by atoms with Crippen LogP contribution in [0.5, 0.6) is 5.75 Å². The Labute approximate surface area is 158 Å². The summed E-state index contributed by atoms with van der Waals surface area (Å²) in [5.74, 6) is 1.31. The van der Waals surface area contributed by atoms with E-state index < -0.39 is 0 Å². The summed E-state index contributed by atoms with van der Waals surface area (Å²) < 4.78 is 7.60. The lowest BCUT2D eigenvalue weighted by Crippen LogP contribution is -2.23. The molecule has 0 aliphatic rings. The summed E-state index contributed by atoms with van der Waals surface area (Å²) in [5, 5.41) is 8.98. The number of hydrogen-bond acceptors (Lipinski definition) is 5. The van der Waals surface area contributed by atoms with Crippen molar-refractivity contribution in [3.8, 4) is 17.1 Å². The number of ether oxygens (including phenoxy) is 1. The largest absolute Gasteiger partial charge is 0.494 e. The van der Waals surface area contributed by atoms with Crippen molar-refractivity contribution in [2.75, 3.05) is 6.61 Å². The van der Waals surface area contributed by atoms with Gasteiger partial charge in [-0.2, -0.15) is 0 Å². The van der Waals surface area contributed by atoms with Crippen LogP contribution in [-0.2, 0) is 0 Å². The van der Waals surface area contributed by atoms with Gasteiger partial charge >= 0.3 is 0 Å². The third kappa shape index (κ3) is 3.09. The molecule has 0 amide bonds. The predicted octanol–water partition coefficient (Wildman–Crippen LogP) is 3.42. The third-order valence-electron chi connectivity index (χ3n) is 3.84. The van der Waals surface area contributed by atoms with Crippen molar-refractivity contribution in [2.24, 2.45) is 0 Å². The first-order valence-electron chi connectivity index (χ1n) is 8.04. The molecule has 0 aliphatic carbocycles. The smallest absolute Gasteiger partial charge is 0.276 e. The van der Waals surface area contributed by atoms with Crippen LogP contribution in [0.25, 0.3) is 22.4 Å². The van der Waals surface area contributed by atoms with Crippen molar-refractivity contribution in [1.29, 1.82) is 0 Å². The fourth-order valence-corrected chi connectivity index (χ4v) is 3.67. The van der Waals surface area contributed by atoms with Crippen LogP contribution in [0.3, 0.4) is 0 Å². The minimum absolute atomic E-state index is 0.131. The van der Waals surface area contributed by atoms with Gasteiger partial charge in [-0.3, -0.25) is 4.79 Å².